The topological polar surface area (TPSA) is 49.4 Å². The summed E-state index contributed by atoms with van der Waals surface area (Å²) in [5.74, 6) is 0.0743. The number of nitrogens with zero attached hydrogens (tertiary/aromatic N) is 4. The summed E-state index contributed by atoms with van der Waals surface area (Å²) in [7, 11) is -2.70. The maximum Gasteiger partial charge on any atom is 0.166 e. The smallest absolute Gasteiger partial charge is 0.166 e. The van der Waals surface area contributed by atoms with Crippen molar-refractivity contribution in [1.29, 1.82) is 0 Å². The van der Waals surface area contributed by atoms with Crippen molar-refractivity contribution in [2.24, 2.45) is 20.5 Å². The van der Waals surface area contributed by atoms with Crippen LogP contribution in [0.3, 0.4) is 0 Å². The van der Waals surface area contributed by atoms with E-state index in [1.54, 1.807) is 0 Å². The van der Waals surface area contributed by atoms with Crippen LogP contribution in [-0.4, -0.2) is 27.7 Å². The highest BCUT2D eigenvalue weighted by atomic mass is 28.3. The van der Waals surface area contributed by atoms with E-state index in [9.17, 15) is 0 Å². The van der Waals surface area contributed by atoms with Crippen molar-refractivity contribution >= 4 is 16.1 Å². The fourth-order valence-corrected chi connectivity index (χ4v) is 2.64. The van der Waals surface area contributed by atoms with Gasteiger partial charge in [0.05, 0.1) is 0 Å². The fourth-order valence-electron chi connectivity index (χ4n) is 0.992. The summed E-state index contributed by atoms with van der Waals surface area (Å²) in [6, 6.07) is 0. The van der Waals surface area contributed by atoms with Gasteiger partial charge in [0.1, 0.15) is 16.1 Å². The average molecular weight is 228 g/mol. The van der Waals surface area contributed by atoms with Crippen LogP contribution in [0.1, 0.15) is 0 Å². The molecule has 0 aromatic rings. The third kappa shape index (κ3) is 2.81. The molecule has 0 atom stereocenters. The Morgan fingerprint density at radius 1 is 0.571 bits per heavy atom. The van der Waals surface area contributed by atoms with Crippen LogP contribution in [0.4, 0.5) is 0 Å². The molecule has 1 aliphatic rings. The van der Waals surface area contributed by atoms with Crippen LogP contribution in [-0.2, 0) is 0 Å². The molecule has 0 saturated heterocycles. The maximum absolute atomic E-state index is 4.31. The number of hydrogen-bond donors (Lipinski definition) is 0. The van der Waals surface area contributed by atoms with Gasteiger partial charge in [-0.25, -0.2) is 0 Å². The lowest BCUT2D eigenvalue weighted by molar-refractivity contribution is 0.629. The molecule has 1 heterocycles. The molecule has 0 fully saturated rings. The first-order valence-electron chi connectivity index (χ1n) is 5.01. The second kappa shape index (κ2) is 3.65. The largest absolute Gasteiger partial charge is 0.167 e. The molecule has 0 spiro atoms. The number of rotatable bonds is 2. The van der Waals surface area contributed by atoms with Gasteiger partial charge >= 0.3 is 0 Å². The quantitative estimate of drug-likeness (QED) is 0.651. The van der Waals surface area contributed by atoms with Gasteiger partial charge in [-0.15, -0.1) is 0 Å². The predicted octanol–water partition coefficient (Wildman–Crippen LogP) is 3.31. The lowest BCUT2D eigenvalue weighted by atomic mass is 11.1. The Hall–Kier alpha value is -0.366. The highest BCUT2D eigenvalue weighted by molar-refractivity contribution is 6.78. The summed E-state index contributed by atoms with van der Waals surface area (Å²) in [5, 5.41) is 17.2. The Balaban J connectivity index is 2.72. The molecule has 0 amide bonds. The van der Waals surface area contributed by atoms with Crippen LogP contribution in [0.15, 0.2) is 20.5 Å². The van der Waals surface area contributed by atoms with Gasteiger partial charge in [0.2, 0.25) is 0 Å². The Kier molecular flexibility index (Phi) is 3.06. The lowest BCUT2D eigenvalue weighted by Gasteiger charge is -2.26. The van der Waals surface area contributed by atoms with Crippen molar-refractivity contribution in [1.82, 2.24) is 0 Å². The number of azo groups is 2. The van der Waals surface area contributed by atoms with E-state index in [4.69, 9.17) is 0 Å². The molecule has 0 saturated carbocycles. The van der Waals surface area contributed by atoms with Gasteiger partial charge in [-0.3, -0.25) is 0 Å². The standard InChI is InChI=1S/C8H20N4Si2/c1-13(2,3)7-9-11-8(12-10-7)14(4,5)6/h7-8H,1-6H3. The van der Waals surface area contributed by atoms with Crippen molar-refractivity contribution in [2.75, 3.05) is 0 Å². The summed E-state index contributed by atoms with van der Waals surface area (Å²) in [6.07, 6.45) is 0. The van der Waals surface area contributed by atoms with Crippen molar-refractivity contribution in [3.05, 3.63) is 0 Å². The molecule has 0 N–H and O–H groups in total. The molecule has 1 rings (SSSR count). The Bertz CT molecular complexity index is 221. The van der Waals surface area contributed by atoms with Crippen molar-refractivity contribution in [3.8, 4) is 0 Å². The molecule has 80 valence electrons. The van der Waals surface area contributed by atoms with Gasteiger partial charge in [-0.05, 0) is 0 Å². The van der Waals surface area contributed by atoms with Crippen LogP contribution in [0.25, 0.3) is 0 Å². The van der Waals surface area contributed by atoms with Crippen LogP contribution in [0.2, 0.25) is 39.3 Å². The molecule has 14 heavy (non-hydrogen) atoms. The molecular formula is C8H20N4Si2. The molecule has 0 aromatic heterocycles. The van der Waals surface area contributed by atoms with Gasteiger partial charge in [0.25, 0.3) is 0 Å². The van der Waals surface area contributed by atoms with Gasteiger partial charge in [0, 0.05) is 0 Å². The average Bonchev–Trinajstić information content (AvgIpc) is 2.01. The first-order valence-corrected chi connectivity index (χ1v) is 12.2. The SMILES string of the molecule is C[Si](C)(C)C1N=NC([Si](C)(C)C)N=N1. The minimum Gasteiger partial charge on any atom is -0.167 e. The monoisotopic (exact) mass is 228 g/mol. The summed E-state index contributed by atoms with van der Waals surface area (Å²) in [5.41, 5.74) is 0. The summed E-state index contributed by atoms with van der Waals surface area (Å²) >= 11 is 0. The molecule has 4 nitrogen and oxygen atoms in total. The van der Waals surface area contributed by atoms with Gasteiger partial charge in [-0.1, -0.05) is 39.3 Å². The van der Waals surface area contributed by atoms with Gasteiger partial charge in [-0.2, -0.15) is 20.5 Å². The van der Waals surface area contributed by atoms with E-state index in [1.165, 1.54) is 0 Å². The van der Waals surface area contributed by atoms with Crippen LogP contribution in [0.5, 0.6) is 0 Å². The molecule has 0 bridgehead atoms. The van der Waals surface area contributed by atoms with Gasteiger partial charge in [0.15, 0.2) is 11.6 Å². The summed E-state index contributed by atoms with van der Waals surface area (Å²) < 4.78 is 0. The maximum atomic E-state index is 4.31. The van der Waals surface area contributed by atoms with Crippen LogP contribution < -0.4 is 0 Å². The van der Waals surface area contributed by atoms with E-state index in [0.29, 0.717) is 0 Å². The molecule has 1 aliphatic heterocycles. The second-order valence-electron chi connectivity index (χ2n) is 5.94. The van der Waals surface area contributed by atoms with E-state index in [-0.39, 0.29) is 11.6 Å². The highest BCUT2D eigenvalue weighted by Crippen LogP contribution is 2.23. The fraction of sp³-hybridized carbons (Fsp3) is 1.00. The Morgan fingerprint density at radius 2 is 0.786 bits per heavy atom. The van der Waals surface area contributed by atoms with Crippen molar-refractivity contribution < 1.29 is 0 Å². The zero-order valence-electron chi connectivity index (χ0n) is 9.94. The molecule has 0 unspecified atom stereocenters. The third-order valence-corrected chi connectivity index (χ3v) is 5.68. The van der Waals surface area contributed by atoms with E-state index in [0.717, 1.165) is 0 Å². The van der Waals surface area contributed by atoms with E-state index in [1.807, 2.05) is 0 Å². The third-order valence-electron chi connectivity index (χ3n) is 2.12. The molecular weight excluding hydrogens is 208 g/mol. The molecule has 0 radical (unpaired) electrons. The Morgan fingerprint density at radius 3 is 0.929 bits per heavy atom. The van der Waals surface area contributed by atoms with Gasteiger partial charge < -0.3 is 0 Å². The van der Waals surface area contributed by atoms with Crippen LogP contribution >= 0.6 is 0 Å². The first-order chi connectivity index (χ1) is 6.21. The zero-order valence-corrected chi connectivity index (χ0v) is 11.9. The van der Waals surface area contributed by atoms with Crippen molar-refractivity contribution in [3.63, 3.8) is 0 Å². The number of hydrogen-bond acceptors (Lipinski definition) is 4. The molecule has 0 aliphatic carbocycles. The second-order valence-corrected chi connectivity index (χ2v) is 16.4. The predicted molar refractivity (Wildman–Crippen MR) is 64.0 cm³/mol. The minimum atomic E-state index is -1.35. The lowest BCUT2D eigenvalue weighted by Crippen LogP contribution is -2.40. The summed E-state index contributed by atoms with van der Waals surface area (Å²) in [6.45, 7) is 13.4. The summed E-state index contributed by atoms with van der Waals surface area (Å²) in [4.78, 5) is 0. The molecule has 0 aromatic carbocycles. The van der Waals surface area contributed by atoms with E-state index >= 15 is 0 Å². The first kappa shape index (κ1) is 11.7. The van der Waals surface area contributed by atoms with Crippen LogP contribution in [0, 0.1) is 0 Å². The molecule has 6 heteroatoms. The highest BCUT2D eigenvalue weighted by Gasteiger charge is 2.33. The van der Waals surface area contributed by atoms with E-state index in [2.05, 4.69) is 59.7 Å². The Labute approximate surface area is 87.9 Å². The van der Waals surface area contributed by atoms with Crippen molar-refractivity contribution in [2.45, 2.75) is 50.9 Å². The van der Waals surface area contributed by atoms with E-state index < -0.39 is 16.1 Å². The zero-order chi connectivity index (χ0) is 11.0. The normalized spacial score (nSPS) is 28.1. The minimum absolute atomic E-state index is 0.0371.